The highest BCUT2D eigenvalue weighted by Gasteiger charge is 2.24. The first-order chi connectivity index (χ1) is 12.2. The second-order valence-electron chi connectivity index (χ2n) is 6.39. The molecule has 1 saturated carbocycles. The van der Waals surface area contributed by atoms with E-state index in [0.717, 1.165) is 35.0 Å². The molecule has 4 rings (SSSR count). The van der Waals surface area contributed by atoms with Crippen LogP contribution in [0.15, 0.2) is 36.5 Å². The number of primary amides is 1. The van der Waals surface area contributed by atoms with Crippen LogP contribution in [0.2, 0.25) is 0 Å². The van der Waals surface area contributed by atoms with Gasteiger partial charge in [0.25, 0.3) is 0 Å². The van der Waals surface area contributed by atoms with Crippen LogP contribution in [0.25, 0.3) is 22.2 Å². The van der Waals surface area contributed by atoms with Crippen molar-refractivity contribution in [2.45, 2.75) is 31.7 Å². The van der Waals surface area contributed by atoms with Gasteiger partial charge in [0.05, 0.1) is 24.1 Å². The number of rotatable bonds is 4. The highest BCUT2D eigenvalue weighted by Crippen LogP contribution is 2.38. The van der Waals surface area contributed by atoms with Gasteiger partial charge in [0, 0.05) is 17.3 Å². The minimum absolute atomic E-state index is 0.391. The van der Waals surface area contributed by atoms with Crippen LogP contribution in [0.1, 0.15) is 42.1 Å². The molecule has 2 heterocycles. The van der Waals surface area contributed by atoms with E-state index < -0.39 is 5.91 Å². The molecule has 0 radical (unpaired) electrons. The number of nitrogens with two attached hydrogens (primary N) is 1. The second kappa shape index (κ2) is 6.20. The first kappa shape index (κ1) is 15.6. The van der Waals surface area contributed by atoms with Crippen molar-refractivity contribution in [2.75, 3.05) is 7.11 Å². The maximum Gasteiger partial charge on any atom is 0.248 e. The van der Waals surface area contributed by atoms with Gasteiger partial charge in [0.2, 0.25) is 11.8 Å². The van der Waals surface area contributed by atoms with Crippen LogP contribution in [-0.2, 0) is 0 Å². The lowest BCUT2D eigenvalue weighted by molar-refractivity contribution is 0.100. The lowest BCUT2D eigenvalue weighted by Gasteiger charge is -2.11. The van der Waals surface area contributed by atoms with Crippen LogP contribution in [0.3, 0.4) is 0 Å². The molecule has 2 aromatic heterocycles. The van der Waals surface area contributed by atoms with Gasteiger partial charge in [-0.05, 0) is 31.0 Å². The van der Waals surface area contributed by atoms with Crippen molar-refractivity contribution in [3.05, 3.63) is 42.1 Å². The fraction of sp³-hybridized carbons (Fsp3) is 0.316. The zero-order valence-corrected chi connectivity index (χ0v) is 14.1. The number of carbonyl (C=O) groups is 1. The van der Waals surface area contributed by atoms with Crippen LogP contribution in [0, 0.1) is 0 Å². The van der Waals surface area contributed by atoms with E-state index in [1.165, 1.54) is 12.8 Å². The summed E-state index contributed by atoms with van der Waals surface area (Å²) in [5, 5.41) is 5.77. The minimum Gasteiger partial charge on any atom is -0.480 e. The highest BCUT2D eigenvalue weighted by atomic mass is 16.5. The Morgan fingerprint density at radius 1 is 1.28 bits per heavy atom. The van der Waals surface area contributed by atoms with Crippen molar-refractivity contribution >= 4 is 16.8 Å². The van der Waals surface area contributed by atoms with E-state index in [1.54, 1.807) is 25.4 Å². The average molecular weight is 336 g/mol. The van der Waals surface area contributed by atoms with Gasteiger partial charge in [-0.2, -0.15) is 5.10 Å². The van der Waals surface area contributed by atoms with Crippen molar-refractivity contribution in [3.63, 3.8) is 0 Å². The zero-order valence-electron chi connectivity index (χ0n) is 14.1. The van der Waals surface area contributed by atoms with Crippen molar-refractivity contribution in [1.29, 1.82) is 0 Å². The number of pyridine rings is 1. The number of benzene rings is 1. The van der Waals surface area contributed by atoms with Crippen LogP contribution in [-0.4, -0.2) is 27.8 Å². The Hall–Kier alpha value is -2.89. The summed E-state index contributed by atoms with van der Waals surface area (Å²) in [5.41, 5.74) is 8.52. The second-order valence-corrected chi connectivity index (χ2v) is 6.39. The van der Waals surface area contributed by atoms with Gasteiger partial charge >= 0.3 is 0 Å². The molecule has 128 valence electrons. The molecule has 0 unspecified atom stereocenters. The normalized spacial score (nSPS) is 14.9. The molecule has 1 aliphatic rings. The van der Waals surface area contributed by atoms with Gasteiger partial charge in [-0.1, -0.05) is 25.0 Å². The quantitative estimate of drug-likeness (QED) is 0.792. The van der Waals surface area contributed by atoms with Crippen molar-refractivity contribution in [2.24, 2.45) is 5.73 Å². The molecule has 0 spiro atoms. The molecule has 1 fully saturated rings. The first-order valence-corrected chi connectivity index (χ1v) is 8.50. The molecule has 6 heteroatoms. The van der Waals surface area contributed by atoms with E-state index >= 15 is 0 Å². The van der Waals surface area contributed by atoms with E-state index in [0.29, 0.717) is 17.5 Å². The maximum atomic E-state index is 11.5. The minimum atomic E-state index is -0.452. The monoisotopic (exact) mass is 336 g/mol. The summed E-state index contributed by atoms with van der Waals surface area (Å²) < 4.78 is 7.58. The number of carbonyl (C=O) groups excluding carboxylic acids is 1. The third-order valence-corrected chi connectivity index (χ3v) is 4.87. The molecule has 3 aromatic rings. The van der Waals surface area contributed by atoms with Crippen LogP contribution < -0.4 is 10.5 Å². The molecule has 0 aliphatic heterocycles. The van der Waals surface area contributed by atoms with E-state index in [4.69, 9.17) is 15.6 Å². The zero-order chi connectivity index (χ0) is 17.4. The summed E-state index contributed by atoms with van der Waals surface area (Å²) >= 11 is 0. The summed E-state index contributed by atoms with van der Waals surface area (Å²) in [6, 6.07) is 9.60. The van der Waals surface area contributed by atoms with Gasteiger partial charge in [-0.15, -0.1) is 0 Å². The van der Waals surface area contributed by atoms with E-state index in [9.17, 15) is 4.79 Å². The average Bonchev–Trinajstić information content (AvgIpc) is 3.29. The Bertz CT molecular complexity index is 942. The summed E-state index contributed by atoms with van der Waals surface area (Å²) in [7, 11) is 1.61. The third kappa shape index (κ3) is 2.63. The van der Waals surface area contributed by atoms with Crippen molar-refractivity contribution < 1.29 is 9.53 Å². The molecule has 25 heavy (non-hydrogen) atoms. The van der Waals surface area contributed by atoms with E-state index in [2.05, 4.69) is 9.67 Å². The molecule has 1 aromatic carbocycles. The number of hydrogen-bond donors (Lipinski definition) is 1. The summed E-state index contributed by atoms with van der Waals surface area (Å²) in [5.74, 6) is 0.0905. The predicted octanol–water partition coefficient (Wildman–Crippen LogP) is 3.32. The number of aromatic nitrogens is 3. The predicted molar refractivity (Wildman–Crippen MR) is 95.5 cm³/mol. The van der Waals surface area contributed by atoms with Crippen LogP contribution in [0.4, 0.5) is 0 Å². The molecule has 1 amide bonds. The van der Waals surface area contributed by atoms with Crippen molar-refractivity contribution in [1.82, 2.24) is 14.8 Å². The molecular formula is C19H20N4O2. The Morgan fingerprint density at radius 3 is 2.80 bits per heavy atom. The molecule has 6 nitrogen and oxygen atoms in total. The Balaban J connectivity index is 1.96. The first-order valence-electron chi connectivity index (χ1n) is 8.50. The lowest BCUT2D eigenvalue weighted by atomic mass is 10.1. The topological polar surface area (TPSA) is 83.0 Å². The Kier molecular flexibility index (Phi) is 3.87. The number of amides is 1. The molecule has 0 saturated heterocycles. The van der Waals surface area contributed by atoms with Crippen LogP contribution in [0.5, 0.6) is 5.88 Å². The van der Waals surface area contributed by atoms with Gasteiger partial charge in [-0.25, -0.2) is 4.98 Å². The summed E-state index contributed by atoms with van der Waals surface area (Å²) in [4.78, 5) is 15.9. The maximum absolute atomic E-state index is 11.5. The SMILES string of the molecule is COc1nccc2c1c(-c1cccc(C(N)=O)c1)nn2C1CCCC1. The number of fused-ring (bicyclic) bond motifs is 1. The summed E-state index contributed by atoms with van der Waals surface area (Å²) in [6.07, 6.45) is 6.45. The van der Waals surface area contributed by atoms with Gasteiger partial charge in [0.15, 0.2) is 0 Å². The molecule has 2 N–H and O–H groups in total. The van der Waals surface area contributed by atoms with Crippen LogP contribution >= 0.6 is 0 Å². The molecular weight excluding hydrogens is 316 g/mol. The number of ether oxygens (including phenoxy) is 1. The molecule has 0 bridgehead atoms. The third-order valence-electron chi connectivity index (χ3n) is 4.87. The van der Waals surface area contributed by atoms with Gasteiger partial charge < -0.3 is 10.5 Å². The fourth-order valence-corrected chi connectivity index (χ4v) is 3.66. The Labute approximate surface area is 145 Å². The standard InChI is InChI=1S/C19H20N4O2/c1-25-19-16-15(9-10-21-19)23(14-7-2-3-8-14)22-17(16)12-5-4-6-13(11-12)18(20)24/h4-6,9-11,14H,2-3,7-8H2,1H3,(H2,20,24). The van der Waals surface area contributed by atoms with E-state index in [-0.39, 0.29) is 0 Å². The van der Waals surface area contributed by atoms with Gasteiger partial charge in [-0.3, -0.25) is 9.48 Å². The summed E-state index contributed by atoms with van der Waals surface area (Å²) in [6.45, 7) is 0. The number of nitrogens with zero attached hydrogens (tertiary/aromatic N) is 3. The fourth-order valence-electron chi connectivity index (χ4n) is 3.66. The lowest BCUT2D eigenvalue weighted by Crippen LogP contribution is -2.10. The smallest absolute Gasteiger partial charge is 0.248 e. The van der Waals surface area contributed by atoms with Crippen molar-refractivity contribution in [3.8, 4) is 17.1 Å². The number of hydrogen-bond acceptors (Lipinski definition) is 4. The largest absolute Gasteiger partial charge is 0.480 e. The highest BCUT2D eigenvalue weighted by molar-refractivity contribution is 5.99. The number of methoxy groups -OCH3 is 1. The Morgan fingerprint density at radius 2 is 2.08 bits per heavy atom. The van der Waals surface area contributed by atoms with Gasteiger partial charge in [0.1, 0.15) is 5.69 Å². The van der Waals surface area contributed by atoms with E-state index in [1.807, 2.05) is 18.2 Å². The molecule has 1 aliphatic carbocycles. The molecule has 0 atom stereocenters.